The summed E-state index contributed by atoms with van der Waals surface area (Å²) in [6.45, 7) is 13.9. The van der Waals surface area contributed by atoms with Crippen LogP contribution in [-0.2, 0) is 18.4 Å². The molecule has 0 aliphatic heterocycles. The van der Waals surface area contributed by atoms with Gasteiger partial charge in [0.05, 0.1) is 5.56 Å². The monoisotopic (exact) mass is 340 g/mol. The lowest BCUT2D eigenvalue weighted by Crippen LogP contribution is -2.13. The predicted molar refractivity (Wildman–Crippen MR) is 106 cm³/mol. The van der Waals surface area contributed by atoms with Gasteiger partial charge in [-0.2, -0.15) is 0 Å². The van der Waals surface area contributed by atoms with E-state index in [2.05, 4.69) is 63.5 Å². The molecule has 0 fully saturated rings. The number of carbonyl (C=O) groups is 1. The van der Waals surface area contributed by atoms with Gasteiger partial charge in [-0.15, -0.1) is 0 Å². The van der Waals surface area contributed by atoms with E-state index >= 15 is 0 Å². The third kappa shape index (κ3) is 3.81. The molecule has 3 nitrogen and oxygen atoms in total. The zero-order valence-electron chi connectivity index (χ0n) is 16.6. The van der Waals surface area contributed by atoms with E-state index in [1.165, 1.54) is 11.3 Å². The first kappa shape index (κ1) is 19.3. The second-order valence-corrected chi connectivity index (χ2v) is 7.83. The van der Waals surface area contributed by atoms with E-state index in [-0.39, 0.29) is 11.3 Å². The molecule has 2 rings (SSSR count). The number of carbonyl (C=O) groups excluding carboxylic acids is 1. The minimum atomic E-state index is -0.336. The normalized spacial score (nSPS) is 11.8. The molecule has 136 valence electrons. The Kier molecular flexibility index (Phi) is 5.76. The van der Waals surface area contributed by atoms with Crippen molar-refractivity contribution in [3.8, 4) is 11.1 Å². The van der Waals surface area contributed by atoms with Gasteiger partial charge in [0.2, 0.25) is 0 Å². The van der Waals surface area contributed by atoms with E-state index in [1.54, 1.807) is 0 Å². The third-order valence-electron chi connectivity index (χ3n) is 4.99. The van der Waals surface area contributed by atoms with Crippen LogP contribution in [0.2, 0.25) is 0 Å². The maximum absolute atomic E-state index is 12.2. The largest absolute Gasteiger partial charge is 0.366 e. The first-order valence-corrected chi connectivity index (χ1v) is 9.35. The summed E-state index contributed by atoms with van der Waals surface area (Å²) >= 11 is 0. The molecule has 0 aliphatic carbocycles. The van der Waals surface area contributed by atoms with Crippen LogP contribution in [0.4, 0.5) is 0 Å². The van der Waals surface area contributed by atoms with Gasteiger partial charge in [-0.05, 0) is 36.3 Å². The number of aromatic nitrogens is 1. The van der Waals surface area contributed by atoms with Crippen molar-refractivity contribution in [1.82, 2.24) is 4.57 Å². The molecule has 1 heterocycles. The van der Waals surface area contributed by atoms with Gasteiger partial charge in [0.1, 0.15) is 0 Å². The smallest absolute Gasteiger partial charge is 0.251 e. The number of hydrogen-bond acceptors (Lipinski definition) is 1. The Morgan fingerprint density at radius 3 is 2.16 bits per heavy atom. The second-order valence-electron chi connectivity index (χ2n) is 7.83. The maximum Gasteiger partial charge on any atom is 0.251 e. The molecule has 0 atom stereocenters. The summed E-state index contributed by atoms with van der Waals surface area (Å²) in [6.07, 6.45) is 3.11. The highest BCUT2D eigenvalue weighted by Gasteiger charge is 2.24. The number of nitrogens with zero attached hydrogens (tertiary/aromatic N) is 1. The first-order valence-electron chi connectivity index (χ1n) is 9.35. The van der Waals surface area contributed by atoms with Crippen LogP contribution in [-0.4, -0.2) is 10.5 Å². The maximum atomic E-state index is 12.2. The van der Waals surface area contributed by atoms with Crippen LogP contribution in [0.3, 0.4) is 0 Å². The Morgan fingerprint density at radius 2 is 1.72 bits per heavy atom. The minimum absolute atomic E-state index is 0.113. The number of benzene rings is 1. The standard InChI is InChI=1S/C22H32N2O/c1-7-9-14-24-15(3)19(21(23)25)20(18(24)8-2)16-10-12-17(13-11-16)22(4,5)6/h10-13H,7-9,14H2,1-6H3,(H2,23,25). The molecule has 1 aromatic carbocycles. The number of unbranched alkanes of at least 4 members (excludes halogenated alkanes) is 1. The molecule has 25 heavy (non-hydrogen) atoms. The quantitative estimate of drug-likeness (QED) is 0.769. The van der Waals surface area contributed by atoms with Crippen molar-refractivity contribution in [2.45, 2.75) is 72.8 Å². The molecule has 0 saturated carbocycles. The molecule has 2 N–H and O–H groups in total. The molecule has 0 saturated heterocycles. The van der Waals surface area contributed by atoms with E-state index < -0.39 is 0 Å². The van der Waals surface area contributed by atoms with E-state index in [4.69, 9.17) is 5.73 Å². The van der Waals surface area contributed by atoms with E-state index in [0.717, 1.165) is 42.6 Å². The van der Waals surface area contributed by atoms with Gasteiger partial charge in [0.15, 0.2) is 0 Å². The highest BCUT2D eigenvalue weighted by Crippen LogP contribution is 2.34. The Balaban J connectivity index is 2.64. The highest BCUT2D eigenvalue weighted by atomic mass is 16.1. The summed E-state index contributed by atoms with van der Waals surface area (Å²) in [6, 6.07) is 8.59. The second kappa shape index (κ2) is 7.47. The molecule has 0 aliphatic rings. The van der Waals surface area contributed by atoms with Crippen molar-refractivity contribution in [3.63, 3.8) is 0 Å². The summed E-state index contributed by atoms with van der Waals surface area (Å²) in [4.78, 5) is 12.2. The van der Waals surface area contributed by atoms with E-state index in [0.29, 0.717) is 5.56 Å². The fourth-order valence-corrected chi connectivity index (χ4v) is 3.53. The average molecular weight is 341 g/mol. The van der Waals surface area contributed by atoms with Gasteiger partial charge in [-0.25, -0.2) is 0 Å². The highest BCUT2D eigenvalue weighted by molar-refractivity contribution is 6.02. The van der Waals surface area contributed by atoms with Crippen molar-refractivity contribution in [1.29, 1.82) is 0 Å². The van der Waals surface area contributed by atoms with Crippen molar-refractivity contribution in [3.05, 3.63) is 46.8 Å². The van der Waals surface area contributed by atoms with Gasteiger partial charge in [0.25, 0.3) is 5.91 Å². The summed E-state index contributed by atoms with van der Waals surface area (Å²) < 4.78 is 2.29. The number of hydrogen-bond donors (Lipinski definition) is 1. The summed E-state index contributed by atoms with van der Waals surface area (Å²) in [7, 11) is 0. The number of rotatable bonds is 6. The third-order valence-corrected chi connectivity index (χ3v) is 4.99. The molecular formula is C22H32N2O. The molecule has 0 spiro atoms. The van der Waals surface area contributed by atoms with Gasteiger partial charge < -0.3 is 10.3 Å². The van der Waals surface area contributed by atoms with Crippen molar-refractivity contribution >= 4 is 5.91 Å². The molecular weight excluding hydrogens is 308 g/mol. The Hall–Kier alpha value is -2.03. The average Bonchev–Trinajstić information content (AvgIpc) is 2.84. The van der Waals surface area contributed by atoms with Crippen LogP contribution in [0.5, 0.6) is 0 Å². The number of primary amides is 1. The molecule has 3 heteroatoms. The van der Waals surface area contributed by atoms with Gasteiger partial charge in [-0.3, -0.25) is 4.79 Å². The molecule has 1 amide bonds. The van der Waals surface area contributed by atoms with Gasteiger partial charge in [-0.1, -0.05) is 65.3 Å². The zero-order valence-corrected chi connectivity index (χ0v) is 16.6. The van der Waals surface area contributed by atoms with E-state index in [9.17, 15) is 4.79 Å². The lowest BCUT2D eigenvalue weighted by Gasteiger charge is -2.19. The van der Waals surface area contributed by atoms with Crippen LogP contribution < -0.4 is 5.73 Å². The van der Waals surface area contributed by atoms with Crippen molar-refractivity contribution < 1.29 is 4.79 Å². The summed E-state index contributed by atoms with van der Waals surface area (Å²) in [5, 5.41) is 0. The SMILES string of the molecule is CCCCn1c(C)c(C(N)=O)c(-c2ccc(C(C)(C)C)cc2)c1CC. The zero-order chi connectivity index (χ0) is 18.8. The fraction of sp³-hybridized carbons (Fsp3) is 0.500. The van der Waals surface area contributed by atoms with Crippen LogP contribution in [0, 0.1) is 6.92 Å². The summed E-state index contributed by atoms with van der Waals surface area (Å²) in [5.41, 5.74) is 12.1. The lowest BCUT2D eigenvalue weighted by atomic mass is 9.86. The molecule has 0 unspecified atom stereocenters. The van der Waals surface area contributed by atoms with Crippen LogP contribution >= 0.6 is 0 Å². The Morgan fingerprint density at radius 1 is 1.12 bits per heavy atom. The van der Waals surface area contributed by atoms with Crippen LogP contribution in [0.1, 0.15) is 74.8 Å². The van der Waals surface area contributed by atoms with Gasteiger partial charge >= 0.3 is 0 Å². The number of nitrogens with two attached hydrogens (primary N) is 1. The van der Waals surface area contributed by atoms with Crippen LogP contribution in [0.25, 0.3) is 11.1 Å². The molecule has 0 bridgehead atoms. The lowest BCUT2D eigenvalue weighted by molar-refractivity contribution is 0.1000. The van der Waals surface area contributed by atoms with Gasteiger partial charge in [0, 0.05) is 23.5 Å². The van der Waals surface area contributed by atoms with E-state index in [1.807, 2.05) is 6.92 Å². The van der Waals surface area contributed by atoms with Crippen molar-refractivity contribution in [2.75, 3.05) is 0 Å². The van der Waals surface area contributed by atoms with Crippen molar-refractivity contribution in [2.24, 2.45) is 5.73 Å². The first-order chi connectivity index (χ1) is 11.7. The molecule has 1 aromatic heterocycles. The predicted octanol–water partition coefficient (Wildman–Crippen LogP) is 5.22. The molecule has 2 aromatic rings. The number of amides is 1. The Bertz CT molecular complexity index is 746. The topological polar surface area (TPSA) is 48.0 Å². The summed E-state index contributed by atoms with van der Waals surface area (Å²) in [5.74, 6) is -0.336. The fourth-order valence-electron chi connectivity index (χ4n) is 3.53. The molecule has 0 radical (unpaired) electrons. The van der Waals surface area contributed by atoms with Crippen LogP contribution in [0.15, 0.2) is 24.3 Å². The Labute approximate surface area is 152 Å². The minimum Gasteiger partial charge on any atom is -0.366 e.